The Morgan fingerprint density at radius 3 is 0.648 bits per heavy atom. The fourth-order valence-corrected chi connectivity index (χ4v) is 4.91. The van der Waals surface area contributed by atoms with E-state index in [1.54, 1.807) is 0 Å². The molecule has 54 heavy (non-hydrogen) atoms. The second-order valence-corrected chi connectivity index (χ2v) is 37.9. The van der Waals surface area contributed by atoms with Crippen LogP contribution in [0.5, 0.6) is 0 Å². The Bertz CT molecular complexity index is 1640. The summed E-state index contributed by atoms with van der Waals surface area (Å²) in [4.78, 5) is 0. The predicted octanol–water partition coefficient (Wildman–Crippen LogP) is 13.7. The molecule has 6 heteroatoms. The average Bonchev–Trinajstić information content (AvgIpc) is 4.02. The van der Waals surface area contributed by atoms with Gasteiger partial charge in [0, 0.05) is 0 Å². The third-order valence-electron chi connectivity index (χ3n) is 7.22. The van der Waals surface area contributed by atoms with Crippen molar-refractivity contribution < 1.29 is 46.0 Å². The van der Waals surface area contributed by atoms with Gasteiger partial charge in [0.1, 0.15) is 0 Å². The minimum atomic E-state index is 0. The molecule has 0 saturated heterocycles. The third-order valence-corrected chi connectivity index (χ3v) is 7.22. The van der Waals surface area contributed by atoms with Crippen LogP contribution in [-0.4, -0.2) is 11.0 Å². The maximum absolute atomic E-state index is 3.15. The summed E-state index contributed by atoms with van der Waals surface area (Å²) in [5, 5.41) is 0. The first-order chi connectivity index (χ1) is 25.3. The van der Waals surface area contributed by atoms with E-state index in [1.807, 2.05) is 24.3 Å². The van der Waals surface area contributed by atoms with E-state index < -0.39 is 0 Å². The minimum Gasteiger partial charge on any atom is -0.272 e. The Morgan fingerprint density at radius 2 is 0.519 bits per heavy atom. The molecule has 0 spiro atoms. The maximum Gasteiger partial charge on any atom is -0.0623 e. The van der Waals surface area contributed by atoms with Crippen molar-refractivity contribution in [2.24, 2.45) is 0 Å². The van der Waals surface area contributed by atoms with Crippen molar-refractivity contribution in [3.63, 3.8) is 0 Å². The maximum atomic E-state index is 3.15. The summed E-state index contributed by atoms with van der Waals surface area (Å²) in [7, 11) is 0. The largest absolute Gasteiger partial charge is 0.272 e. The number of halogens is 2. The van der Waals surface area contributed by atoms with Crippen LogP contribution in [0.15, 0.2) is 170 Å². The number of allylic oxidation sites excluding steroid dienone is 16. The number of rotatable bonds is 4. The summed E-state index contributed by atoms with van der Waals surface area (Å²) in [6, 6.07) is 41.6. The van der Waals surface area contributed by atoms with Gasteiger partial charge in [0.05, 0.1) is 0 Å². The standard InChI is InChI=1S/4C11H9.2C2H6Si.2ClH.2Hf/c4*1-2-6-10(7-3-1)11-8-4-5-9-11;2*1-3-2;;;;/h4*1-3,6-9H,4H2;2*1-2H3;2*1H;;/q4*-1;;;;;2*+2. The van der Waals surface area contributed by atoms with E-state index in [0.717, 1.165) is 25.7 Å². The molecule has 0 aromatic heterocycles. The molecule has 4 aliphatic carbocycles. The topological polar surface area (TPSA) is 0 Å². The Kier molecular flexibility index (Phi) is 28.2. The molecule has 272 valence electrons. The monoisotopic (exact) mass is 1110 g/mol. The second kappa shape index (κ2) is 30.7. The normalized spacial score (nSPS) is 13.3. The summed E-state index contributed by atoms with van der Waals surface area (Å²) in [6.07, 6.45) is 33.4. The van der Waals surface area contributed by atoms with Gasteiger partial charge in [-0.1, -0.05) is 121 Å². The quantitative estimate of drug-likeness (QED) is 0.141. The molecule has 0 nitrogen and oxygen atoms in total. The van der Waals surface area contributed by atoms with Gasteiger partial charge in [0.15, 0.2) is 0 Å². The van der Waals surface area contributed by atoms with Gasteiger partial charge < -0.3 is 0 Å². The van der Waals surface area contributed by atoms with Crippen LogP contribution >= 0.6 is 24.8 Å². The molecule has 4 aromatic rings. The number of hydrogen-bond donors (Lipinski definition) is 0. The Labute approximate surface area is 368 Å². The summed E-state index contributed by atoms with van der Waals surface area (Å²) in [6.45, 7) is 9.32. The van der Waals surface area contributed by atoms with Crippen molar-refractivity contribution >= 4 is 58.1 Å². The van der Waals surface area contributed by atoms with E-state index >= 15 is 0 Å². The van der Waals surface area contributed by atoms with Crippen molar-refractivity contribution in [1.29, 1.82) is 0 Å². The Hall–Kier alpha value is -2.45. The van der Waals surface area contributed by atoms with Crippen LogP contribution in [-0.2, 0) is 46.0 Å². The van der Waals surface area contributed by atoms with Crippen LogP contribution in [0.25, 0.3) is 22.3 Å². The fraction of sp³-hybridized carbons (Fsp3) is 0.167. The van der Waals surface area contributed by atoms with E-state index in [9.17, 15) is 0 Å². The zero-order valence-electron chi connectivity index (χ0n) is 31.8. The zero-order chi connectivity index (χ0) is 37.2. The van der Waals surface area contributed by atoms with Gasteiger partial charge in [0.25, 0.3) is 0 Å². The molecule has 0 N–H and O–H groups in total. The summed E-state index contributed by atoms with van der Waals surface area (Å²) in [5.41, 5.74) is 10.9. The second-order valence-electron chi connectivity index (χ2n) is 12.3. The van der Waals surface area contributed by atoms with E-state index in [2.05, 4.69) is 196 Å². The molecule has 0 saturated carbocycles. The van der Waals surface area contributed by atoms with E-state index in [0.29, 0.717) is 0 Å². The van der Waals surface area contributed by atoms with Crippen molar-refractivity contribution in [1.82, 2.24) is 0 Å². The first-order valence-electron chi connectivity index (χ1n) is 17.7. The van der Waals surface area contributed by atoms with Crippen molar-refractivity contribution in [3.05, 3.63) is 216 Å². The molecule has 4 aliphatic rings. The van der Waals surface area contributed by atoms with Crippen LogP contribution in [0.1, 0.15) is 47.9 Å². The van der Waals surface area contributed by atoms with Gasteiger partial charge in [-0.25, -0.2) is 24.3 Å². The van der Waals surface area contributed by atoms with Crippen molar-refractivity contribution in [2.75, 3.05) is 0 Å². The Balaban J connectivity index is 0.000000334. The molecule has 4 aromatic carbocycles. The molecular weight excluding hydrogens is 1060 g/mol. The summed E-state index contributed by atoms with van der Waals surface area (Å²) in [5.74, 6) is 0. The summed E-state index contributed by atoms with van der Waals surface area (Å²) >= 11 is 2.90. The third kappa shape index (κ3) is 21.6. The molecule has 8 rings (SSSR count). The number of benzene rings is 4. The SMILES string of the molecule is C[Si](C)=[Hf+2].C[Si](C)=[Hf+2].Cl.Cl.[C-]1=CC(c2ccccc2)=CC1.[C-]1=CC(c2ccccc2)=CC1.[C-]1=CC(c2ccccc2)=CC1.[C-]1=CC(c2ccccc2)=CC1. The van der Waals surface area contributed by atoms with Gasteiger partial charge in [-0.05, 0) is 0 Å². The number of hydrogen-bond acceptors (Lipinski definition) is 0. The first-order valence-corrected chi connectivity index (χ1v) is 33.4. The fourth-order valence-electron chi connectivity index (χ4n) is 4.91. The van der Waals surface area contributed by atoms with E-state index in [-0.39, 0.29) is 35.8 Å². The first kappa shape index (κ1) is 49.6. The minimum absolute atomic E-state index is 0. The van der Waals surface area contributed by atoms with Gasteiger partial charge in [-0.2, -0.15) is 46.6 Å². The van der Waals surface area contributed by atoms with Crippen molar-refractivity contribution in [2.45, 2.75) is 51.9 Å². The summed E-state index contributed by atoms with van der Waals surface area (Å²) < 4.78 is 0. The molecule has 0 heterocycles. The van der Waals surface area contributed by atoms with E-state index in [4.69, 9.17) is 0 Å². The predicted molar refractivity (Wildman–Crippen MR) is 237 cm³/mol. The smallest absolute Gasteiger partial charge is 0.0623 e. The average molecular weight is 1110 g/mol. The molecule has 0 atom stereocenters. The molecule has 0 radical (unpaired) electrons. The van der Waals surface area contributed by atoms with Gasteiger partial charge >= 0.3 is 83.2 Å². The molecule has 0 aliphatic heterocycles. The molecule has 0 amide bonds. The molecule has 0 unspecified atom stereocenters. The molecule has 0 bridgehead atoms. The van der Waals surface area contributed by atoms with Gasteiger partial charge in [0.2, 0.25) is 0 Å². The van der Waals surface area contributed by atoms with Gasteiger partial charge in [-0.15, -0.1) is 72.8 Å². The zero-order valence-corrected chi connectivity index (χ0v) is 42.6. The van der Waals surface area contributed by atoms with Crippen LogP contribution < -0.4 is 0 Å². The van der Waals surface area contributed by atoms with Gasteiger partial charge in [-0.3, -0.25) is 24.3 Å². The van der Waals surface area contributed by atoms with Crippen LogP contribution in [0.3, 0.4) is 0 Å². The molecular formula is C48H50Cl2Hf2Si2. The van der Waals surface area contributed by atoms with Crippen molar-refractivity contribution in [3.8, 4) is 0 Å². The molecule has 0 fully saturated rings. The Morgan fingerprint density at radius 1 is 0.352 bits per heavy atom. The van der Waals surface area contributed by atoms with Crippen LogP contribution in [0.4, 0.5) is 0 Å². The van der Waals surface area contributed by atoms with E-state index in [1.165, 1.54) is 90.5 Å². The van der Waals surface area contributed by atoms with Crippen LogP contribution in [0, 0.1) is 24.3 Å². The van der Waals surface area contributed by atoms with Crippen LogP contribution in [0.2, 0.25) is 26.2 Å².